The molecular formula is C28H34ClFN2O3S. The van der Waals surface area contributed by atoms with E-state index in [1.54, 1.807) is 20.3 Å². The molecule has 0 radical (unpaired) electrons. The Morgan fingerprint density at radius 3 is 2.47 bits per heavy atom. The molecule has 5 nitrogen and oxygen atoms in total. The number of likely N-dealkylation sites (tertiary alicyclic amines) is 1. The van der Waals surface area contributed by atoms with Crippen molar-refractivity contribution in [3.8, 4) is 11.5 Å². The van der Waals surface area contributed by atoms with Gasteiger partial charge in [0.2, 0.25) is 0 Å². The highest BCUT2D eigenvalue weighted by Crippen LogP contribution is 2.42. The molecule has 1 atom stereocenters. The molecule has 2 heterocycles. The van der Waals surface area contributed by atoms with Gasteiger partial charge in [-0.25, -0.2) is 4.39 Å². The fourth-order valence-electron chi connectivity index (χ4n) is 4.89. The van der Waals surface area contributed by atoms with Crippen molar-refractivity contribution in [3.63, 3.8) is 0 Å². The van der Waals surface area contributed by atoms with Crippen LogP contribution in [0.1, 0.15) is 37.4 Å². The first-order chi connectivity index (χ1) is 17.5. The van der Waals surface area contributed by atoms with E-state index in [-0.39, 0.29) is 12.0 Å². The molecular weight excluding hydrogens is 499 g/mol. The fraction of sp³-hybridized carbons (Fsp3) is 0.464. The second kappa shape index (κ2) is 12.5. The van der Waals surface area contributed by atoms with Crippen LogP contribution in [-0.4, -0.2) is 61.2 Å². The Labute approximate surface area is 222 Å². The molecule has 0 aliphatic carbocycles. The molecule has 8 heteroatoms. The first-order valence-corrected chi connectivity index (χ1v) is 13.7. The van der Waals surface area contributed by atoms with Gasteiger partial charge in [0, 0.05) is 40.9 Å². The van der Waals surface area contributed by atoms with Crippen LogP contribution in [0.25, 0.3) is 10.9 Å². The van der Waals surface area contributed by atoms with Crippen LogP contribution in [0.3, 0.4) is 0 Å². The van der Waals surface area contributed by atoms with Crippen LogP contribution in [0, 0.1) is 5.41 Å². The largest absolute Gasteiger partial charge is 0.497 e. The molecule has 194 valence electrons. The second-order valence-electron chi connectivity index (χ2n) is 9.43. The van der Waals surface area contributed by atoms with Gasteiger partial charge in [0.1, 0.15) is 17.7 Å². The number of piperidine rings is 1. The van der Waals surface area contributed by atoms with Crippen molar-refractivity contribution in [1.29, 1.82) is 0 Å². The lowest BCUT2D eigenvalue weighted by molar-refractivity contribution is 0.0323. The number of aliphatic hydroxyl groups is 1. The van der Waals surface area contributed by atoms with E-state index in [0.29, 0.717) is 40.1 Å². The van der Waals surface area contributed by atoms with E-state index >= 15 is 4.39 Å². The maximum absolute atomic E-state index is 15.6. The van der Waals surface area contributed by atoms with Gasteiger partial charge >= 0.3 is 0 Å². The number of hydrogen-bond donors (Lipinski definition) is 1. The Balaban J connectivity index is 1.31. The lowest BCUT2D eigenvalue weighted by atomic mass is 9.74. The molecule has 1 fully saturated rings. The van der Waals surface area contributed by atoms with Gasteiger partial charge in [-0.1, -0.05) is 11.6 Å². The number of fused-ring (bicyclic) bond motifs is 1. The number of halogens is 2. The molecule has 1 aromatic heterocycles. The molecule has 0 spiro atoms. The number of nitrogens with zero attached hydrogens (tertiary/aromatic N) is 2. The van der Waals surface area contributed by atoms with Gasteiger partial charge in [-0.3, -0.25) is 4.98 Å². The number of pyridine rings is 1. The number of aromatic nitrogens is 1. The summed E-state index contributed by atoms with van der Waals surface area (Å²) in [5.41, 5.74) is 0.897. The van der Waals surface area contributed by atoms with E-state index in [0.717, 1.165) is 44.0 Å². The monoisotopic (exact) mass is 532 g/mol. The Bertz CT molecular complexity index is 1140. The van der Waals surface area contributed by atoms with E-state index in [2.05, 4.69) is 22.0 Å². The number of alkyl halides is 1. The van der Waals surface area contributed by atoms with Crippen molar-refractivity contribution in [2.75, 3.05) is 46.2 Å². The second-order valence-corrected chi connectivity index (χ2v) is 11.0. The van der Waals surface area contributed by atoms with E-state index in [1.807, 2.05) is 36.0 Å². The van der Waals surface area contributed by atoms with E-state index < -0.39 is 6.17 Å². The highest BCUT2D eigenvalue weighted by Gasteiger charge is 2.35. The summed E-state index contributed by atoms with van der Waals surface area (Å²) in [5, 5.41) is 11.3. The van der Waals surface area contributed by atoms with Crippen LogP contribution >= 0.6 is 23.4 Å². The molecule has 2 aromatic carbocycles. The lowest BCUT2D eigenvalue weighted by Crippen LogP contribution is -2.42. The third kappa shape index (κ3) is 6.43. The number of ether oxygens (including phenoxy) is 2. The number of aliphatic hydroxyl groups excluding tert-OH is 1. The molecule has 0 saturated carbocycles. The molecule has 1 aliphatic rings. The Morgan fingerprint density at radius 1 is 1.11 bits per heavy atom. The smallest absolute Gasteiger partial charge is 0.127 e. The Morgan fingerprint density at radius 2 is 1.81 bits per heavy atom. The highest BCUT2D eigenvalue weighted by molar-refractivity contribution is 7.99. The Hall–Kier alpha value is -2.06. The minimum Gasteiger partial charge on any atom is -0.497 e. The van der Waals surface area contributed by atoms with Crippen molar-refractivity contribution in [2.45, 2.75) is 36.8 Å². The average Bonchev–Trinajstić information content (AvgIpc) is 2.92. The van der Waals surface area contributed by atoms with Gasteiger partial charge in [-0.05, 0) is 86.7 Å². The van der Waals surface area contributed by atoms with Gasteiger partial charge < -0.3 is 19.5 Å². The van der Waals surface area contributed by atoms with Crippen molar-refractivity contribution < 1.29 is 19.0 Å². The van der Waals surface area contributed by atoms with E-state index in [4.69, 9.17) is 21.1 Å². The molecule has 36 heavy (non-hydrogen) atoms. The summed E-state index contributed by atoms with van der Waals surface area (Å²) in [5.74, 6) is 2.51. The van der Waals surface area contributed by atoms with Crippen LogP contribution < -0.4 is 9.47 Å². The van der Waals surface area contributed by atoms with Gasteiger partial charge in [-0.2, -0.15) is 0 Å². The molecule has 0 amide bonds. The molecule has 4 rings (SSSR count). The van der Waals surface area contributed by atoms with Gasteiger partial charge in [0.25, 0.3) is 0 Å². The van der Waals surface area contributed by atoms with Crippen LogP contribution in [0.4, 0.5) is 4.39 Å². The van der Waals surface area contributed by atoms with E-state index in [1.165, 1.54) is 11.1 Å². The van der Waals surface area contributed by atoms with Gasteiger partial charge in [-0.15, -0.1) is 11.8 Å². The summed E-state index contributed by atoms with van der Waals surface area (Å²) in [7, 11) is 3.26. The number of benzene rings is 2. The van der Waals surface area contributed by atoms with Crippen LogP contribution in [0.2, 0.25) is 5.02 Å². The molecule has 0 unspecified atom stereocenters. The number of methoxy groups -OCH3 is 2. The quantitative estimate of drug-likeness (QED) is 0.282. The van der Waals surface area contributed by atoms with Crippen LogP contribution in [0.15, 0.2) is 53.6 Å². The topological polar surface area (TPSA) is 54.8 Å². The predicted octanol–water partition coefficient (Wildman–Crippen LogP) is 6.56. The minimum atomic E-state index is -1.24. The summed E-state index contributed by atoms with van der Waals surface area (Å²) in [4.78, 5) is 8.00. The molecule has 3 aromatic rings. The highest BCUT2D eigenvalue weighted by atomic mass is 35.5. The fourth-order valence-corrected chi connectivity index (χ4v) is 6.08. The first kappa shape index (κ1) is 27.0. The Kier molecular flexibility index (Phi) is 9.34. The van der Waals surface area contributed by atoms with E-state index in [9.17, 15) is 5.11 Å². The standard InChI is InChI=1S/C28H34ClFN2O3S/c1-34-20-3-6-22(7-4-20)36-16-15-32-13-11-28(19-33,12-14-32)10-9-25(30)27-23-17-21(35-2)5-8-26(23)31-18-24(27)29/h3-8,17-18,25,33H,9-16,19H2,1-2H3/t25-/m1/s1. The van der Waals surface area contributed by atoms with Crippen LogP contribution in [0.5, 0.6) is 11.5 Å². The summed E-state index contributed by atoms with van der Waals surface area (Å²) in [6.07, 6.45) is 2.93. The minimum absolute atomic E-state index is 0.0762. The number of hydrogen-bond acceptors (Lipinski definition) is 6. The third-order valence-corrected chi connectivity index (χ3v) is 8.59. The van der Waals surface area contributed by atoms with Crippen molar-refractivity contribution in [1.82, 2.24) is 9.88 Å². The van der Waals surface area contributed by atoms with Crippen LogP contribution in [-0.2, 0) is 0 Å². The predicted molar refractivity (Wildman–Crippen MR) is 145 cm³/mol. The molecule has 1 N–H and O–H groups in total. The molecule has 1 saturated heterocycles. The summed E-state index contributed by atoms with van der Waals surface area (Å²) in [6.45, 7) is 2.89. The zero-order valence-corrected chi connectivity index (χ0v) is 22.5. The van der Waals surface area contributed by atoms with Gasteiger partial charge in [0.05, 0.1) is 24.8 Å². The SMILES string of the molecule is COc1ccc(SCCN2CCC(CO)(CC[C@@H](F)c3c(Cl)cnc4ccc(OC)cc34)CC2)cc1. The number of thioether (sulfide) groups is 1. The molecule has 1 aliphatic heterocycles. The summed E-state index contributed by atoms with van der Waals surface area (Å²) >= 11 is 8.24. The maximum Gasteiger partial charge on any atom is 0.127 e. The van der Waals surface area contributed by atoms with Crippen molar-refractivity contribution >= 4 is 34.3 Å². The van der Waals surface area contributed by atoms with Crippen molar-refractivity contribution in [2.24, 2.45) is 5.41 Å². The first-order valence-electron chi connectivity index (χ1n) is 12.3. The zero-order valence-electron chi connectivity index (χ0n) is 20.9. The van der Waals surface area contributed by atoms with Crippen molar-refractivity contribution in [3.05, 3.63) is 59.2 Å². The normalized spacial score (nSPS) is 16.7. The lowest BCUT2D eigenvalue weighted by Gasteiger charge is -2.41. The summed E-state index contributed by atoms with van der Waals surface area (Å²) in [6, 6.07) is 13.5. The zero-order chi connectivity index (χ0) is 25.5. The average molecular weight is 533 g/mol. The molecule has 0 bridgehead atoms. The number of rotatable bonds is 11. The third-order valence-electron chi connectivity index (χ3n) is 7.30. The summed E-state index contributed by atoms with van der Waals surface area (Å²) < 4.78 is 26.2. The maximum atomic E-state index is 15.6. The van der Waals surface area contributed by atoms with Gasteiger partial charge in [0.15, 0.2) is 0 Å².